The van der Waals surface area contributed by atoms with E-state index in [1.807, 2.05) is 21.1 Å². The van der Waals surface area contributed by atoms with E-state index in [1.165, 1.54) is 70.6 Å². The molecule has 0 saturated carbocycles. The fraction of sp³-hybridized carbons (Fsp3) is 0.852. The minimum Gasteiger partial charge on any atom is -0.550 e. The molecule has 0 rings (SSSR count). The average Bonchev–Trinajstić information content (AvgIpc) is 2.68. The maximum absolute atomic E-state index is 12.0. The summed E-state index contributed by atoms with van der Waals surface area (Å²) < 4.78 is 5.92. The molecule has 0 bridgehead atoms. The molecular formula is C27H51NO4. The first-order valence-corrected chi connectivity index (χ1v) is 13.1. The molecule has 188 valence electrons. The van der Waals surface area contributed by atoms with Crippen LogP contribution in [0.15, 0.2) is 12.2 Å². The number of carboxylic acid groups (broad SMARTS) is 1. The third kappa shape index (κ3) is 23.3. The Morgan fingerprint density at radius 2 is 1.25 bits per heavy atom. The quantitative estimate of drug-likeness (QED) is 0.0931. The number of hydrogen-bond donors (Lipinski definition) is 0. The first kappa shape index (κ1) is 30.6. The lowest BCUT2D eigenvalue weighted by molar-refractivity contribution is -0.873. The van der Waals surface area contributed by atoms with Crippen LogP contribution in [0.4, 0.5) is 0 Å². The fourth-order valence-electron chi connectivity index (χ4n) is 3.88. The van der Waals surface area contributed by atoms with Crippen molar-refractivity contribution in [1.82, 2.24) is 0 Å². The number of unbranched alkanes of at least 4 members (excludes halogenated alkanes) is 13. The second-order valence-electron chi connectivity index (χ2n) is 10.2. The molecule has 0 aromatic carbocycles. The molecule has 1 atom stereocenters. The van der Waals surface area contributed by atoms with Crippen molar-refractivity contribution in [2.75, 3.05) is 27.7 Å². The summed E-state index contributed by atoms with van der Waals surface area (Å²) in [4.78, 5) is 22.9. The number of quaternary nitrogens is 1. The molecule has 0 N–H and O–H groups in total. The van der Waals surface area contributed by atoms with E-state index < -0.39 is 12.1 Å². The number of carbonyl (C=O) groups excluding carboxylic acids is 2. The van der Waals surface area contributed by atoms with Crippen molar-refractivity contribution < 1.29 is 23.9 Å². The maximum atomic E-state index is 12.0. The van der Waals surface area contributed by atoms with Crippen LogP contribution in [0.1, 0.15) is 116 Å². The van der Waals surface area contributed by atoms with Gasteiger partial charge in [-0.25, -0.2) is 0 Å². The highest BCUT2D eigenvalue weighted by molar-refractivity contribution is 5.70. The normalized spacial score (nSPS) is 12.9. The Morgan fingerprint density at radius 3 is 1.72 bits per heavy atom. The fourth-order valence-corrected chi connectivity index (χ4v) is 3.88. The van der Waals surface area contributed by atoms with Crippen molar-refractivity contribution in [3.63, 3.8) is 0 Å². The van der Waals surface area contributed by atoms with Gasteiger partial charge >= 0.3 is 5.97 Å². The van der Waals surface area contributed by atoms with Gasteiger partial charge in [-0.05, 0) is 32.1 Å². The summed E-state index contributed by atoms with van der Waals surface area (Å²) in [6.07, 6.45) is 22.8. The Morgan fingerprint density at radius 1 is 0.781 bits per heavy atom. The summed E-state index contributed by atoms with van der Waals surface area (Å²) in [5.41, 5.74) is 0. The lowest BCUT2D eigenvalue weighted by Gasteiger charge is -2.29. The van der Waals surface area contributed by atoms with Crippen LogP contribution in [0.25, 0.3) is 0 Å². The highest BCUT2D eigenvalue weighted by Crippen LogP contribution is 2.12. The van der Waals surface area contributed by atoms with Gasteiger partial charge in [-0.15, -0.1) is 0 Å². The zero-order valence-corrected chi connectivity index (χ0v) is 21.5. The molecule has 1 unspecified atom stereocenters. The summed E-state index contributed by atoms with van der Waals surface area (Å²) in [5, 5.41) is 10.9. The lowest BCUT2D eigenvalue weighted by Crippen LogP contribution is -2.45. The van der Waals surface area contributed by atoms with E-state index in [-0.39, 0.29) is 12.4 Å². The van der Waals surface area contributed by atoms with Gasteiger partial charge in [0.05, 0.1) is 21.1 Å². The van der Waals surface area contributed by atoms with Crippen molar-refractivity contribution in [3.05, 3.63) is 12.2 Å². The summed E-state index contributed by atoms with van der Waals surface area (Å²) in [5.74, 6) is -1.48. The molecule has 0 aromatic rings. The Hall–Kier alpha value is -1.36. The van der Waals surface area contributed by atoms with E-state index in [1.54, 1.807) is 0 Å². The molecule has 0 aliphatic heterocycles. The number of carboxylic acids is 1. The Kier molecular flexibility index (Phi) is 19.4. The highest BCUT2D eigenvalue weighted by atomic mass is 16.5. The van der Waals surface area contributed by atoms with Crippen LogP contribution < -0.4 is 5.11 Å². The number of allylic oxidation sites excluding steroid dienone is 2. The van der Waals surface area contributed by atoms with Crippen LogP contribution in [-0.4, -0.2) is 50.2 Å². The molecule has 0 amide bonds. The summed E-state index contributed by atoms with van der Waals surface area (Å²) in [6, 6.07) is 0. The van der Waals surface area contributed by atoms with Crippen molar-refractivity contribution in [1.29, 1.82) is 0 Å². The van der Waals surface area contributed by atoms with Gasteiger partial charge in [-0.1, -0.05) is 83.3 Å². The smallest absolute Gasteiger partial charge is 0.306 e. The molecule has 0 heterocycles. The van der Waals surface area contributed by atoms with E-state index in [0.717, 1.165) is 25.7 Å². The van der Waals surface area contributed by atoms with Crippen LogP contribution in [0.3, 0.4) is 0 Å². The number of carbonyl (C=O) groups is 2. The number of esters is 1. The molecule has 5 nitrogen and oxygen atoms in total. The van der Waals surface area contributed by atoms with Crippen LogP contribution in [0.5, 0.6) is 0 Å². The summed E-state index contributed by atoms with van der Waals surface area (Å²) in [6.45, 7) is 2.73. The molecular weight excluding hydrogens is 402 g/mol. The Bertz CT molecular complexity index is 496. The van der Waals surface area contributed by atoms with E-state index in [2.05, 4.69) is 19.1 Å². The lowest BCUT2D eigenvalue weighted by atomic mass is 10.1. The topological polar surface area (TPSA) is 66.4 Å². The Labute approximate surface area is 198 Å². The van der Waals surface area contributed by atoms with Crippen LogP contribution >= 0.6 is 0 Å². The number of rotatable bonds is 22. The zero-order valence-electron chi connectivity index (χ0n) is 21.5. The molecule has 0 aliphatic carbocycles. The van der Waals surface area contributed by atoms with Gasteiger partial charge in [0.25, 0.3) is 0 Å². The molecule has 0 fully saturated rings. The number of hydrogen-bond acceptors (Lipinski definition) is 4. The number of aliphatic carboxylic acids is 1. The predicted octanol–water partition coefficient (Wildman–Crippen LogP) is 5.56. The second kappa shape index (κ2) is 20.3. The maximum Gasteiger partial charge on any atom is 0.306 e. The van der Waals surface area contributed by atoms with Crippen molar-refractivity contribution in [2.45, 2.75) is 122 Å². The second-order valence-corrected chi connectivity index (χ2v) is 10.2. The van der Waals surface area contributed by atoms with Crippen LogP contribution in [0, 0.1) is 0 Å². The summed E-state index contributed by atoms with van der Waals surface area (Å²) in [7, 11) is 5.84. The van der Waals surface area contributed by atoms with E-state index >= 15 is 0 Å². The molecule has 5 heteroatoms. The predicted molar refractivity (Wildman–Crippen MR) is 131 cm³/mol. The first-order valence-electron chi connectivity index (χ1n) is 13.1. The van der Waals surface area contributed by atoms with Gasteiger partial charge in [-0.2, -0.15) is 0 Å². The zero-order chi connectivity index (χ0) is 24.1. The van der Waals surface area contributed by atoms with Gasteiger partial charge in [0.2, 0.25) is 0 Å². The molecule has 0 spiro atoms. The highest BCUT2D eigenvalue weighted by Gasteiger charge is 2.22. The Balaban J connectivity index is 3.59. The van der Waals surface area contributed by atoms with Crippen molar-refractivity contribution in [2.24, 2.45) is 0 Å². The molecule has 0 radical (unpaired) electrons. The molecule has 32 heavy (non-hydrogen) atoms. The molecule has 0 aliphatic rings. The van der Waals surface area contributed by atoms with Crippen LogP contribution in [-0.2, 0) is 14.3 Å². The first-order chi connectivity index (χ1) is 15.2. The van der Waals surface area contributed by atoms with Gasteiger partial charge in [0, 0.05) is 18.8 Å². The summed E-state index contributed by atoms with van der Waals surface area (Å²) >= 11 is 0. The minimum atomic E-state index is -1.18. The van der Waals surface area contributed by atoms with Gasteiger partial charge in [0.15, 0.2) is 6.10 Å². The van der Waals surface area contributed by atoms with Gasteiger partial charge in [-0.3, -0.25) is 4.79 Å². The van der Waals surface area contributed by atoms with E-state index in [4.69, 9.17) is 4.74 Å². The van der Waals surface area contributed by atoms with Gasteiger partial charge < -0.3 is 19.1 Å². The average molecular weight is 454 g/mol. The van der Waals surface area contributed by atoms with Crippen molar-refractivity contribution >= 4 is 11.9 Å². The standard InChI is InChI=1S/C27H51NO4/c1-5-6-7-8-9-10-11-12-13-14-15-16-17-18-19-20-21-22-27(31)32-25(23-26(29)30)24-28(2,3)4/h14-15,25H,5-13,16-24H2,1-4H3/b15-14+. The minimum absolute atomic E-state index is 0.242. The van der Waals surface area contributed by atoms with E-state index in [9.17, 15) is 14.7 Å². The molecule has 0 saturated heterocycles. The number of ether oxygens (including phenoxy) is 1. The largest absolute Gasteiger partial charge is 0.550 e. The van der Waals surface area contributed by atoms with Gasteiger partial charge in [0.1, 0.15) is 6.54 Å². The monoisotopic (exact) mass is 453 g/mol. The third-order valence-corrected chi connectivity index (χ3v) is 5.59. The number of likely N-dealkylation sites (N-methyl/N-ethyl adjacent to an activating group) is 1. The molecule has 0 aromatic heterocycles. The third-order valence-electron chi connectivity index (χ3n) is 5.59. The van der Waals surface area contributed by atoms with Crippen molar-refractivity contribution in [3.8, 4) is 0 Å². The number of nitrogens with zero attached hydrogens (tertiary/aromatic N) is 1. The SMILES string of the molecule is CCCCCCCCCC/C=C/CCCCCCCC(=O)OC(CC(=O)[O-])C[N+](C)(C)C. The van der Waals surface area contributed by atoms with E-state index in [0.29, 0.717) is 17.4 Å². The van der Waals surface area contributed by atoms with Crippen LogP contribution in [0.2, 0.25) is 0 Å².